The number of hydrogen-bond donors (Lipinski definition) is 1. The van der Waals surface area contributed by atoms with Crippen molar-refractivity contribution in [3.8, 4) is 5.75 Å². The number of methoxy groups -OCH3 is 1. The summed E-state index contributed by atoms with van der Waals surface area (Å²) in [6.07, 6.45) is 0.427. The van der Waals surface area contributed by atoms with Crippen molar-refractivity contribution in [3.63, 3.8) is 0 Å². The van der Waals surface area contributed by atoms with E-state index in [9.17, 15) is 9.59 Å². The van der Waals surface area contributed by atoms with Gasteiger partial charge in [-0.1, -0.05) is 25.1 Å². The third-order valence-corrected chi connectivity index (χ3v) is 5.19. The quantitative estimate of drug-likeness (QED) is 0.885. The second-order valence-electron chi connectivity index (χ2n) is 5.66. The number of hydrogen-bond acceptors (Lipinski definition) is 4. The first kappa shape index (κ1) is 17.4. The second-order valence-corrected chi connectivity index (χ2v) is 6.72. The maximum Gasteiger partial charge on any atom is 0.238 e. The predicted octanol–water partition coefficient (Wildman–Crippen LogP) is 3.82. The van der Waals surface area contributed by atoms with Gasteiger partial charge in [0, 0.05) is 23.9 Å². The van der Waals surface area contributed by atoms with Crippen LogP contribution in [-0.4, -0.2) is 24.7 Å². The molecule has 0 saturated carbocycles. The van der Waals surface area contributed by atoms with Crippen LogP contribution in [0.1, 0.15) is 24.3 Å². The van der Waals surface area contributed by atoms with Crippen molar-refractivity contribution in [1.29, 1.82) is 0 Å². The molecule has 0 aliphatic carbocycles. The minimum atomic E-state index is -0.127. The molecule has 0 radical (unpaired) electrons. The van der Waals surface area contributed by atoms with E-state index < -0.39 is 0 Å². The summed E-state index contributed by atoms with van der Waals surface area (Å²) in [6, 6.07) is 15.2. The van der Waals surface area contributed by atoms with Crippen LogP contribution < -0.4 is 15.0 Å². The first-order valence-corrected chi connectivity index (χ1v) is 9.14. The van der Waals surface area contributed by atoms with Crippen molar-refractivity contribution in [2.75, 3.05) is 23.1 Å². The second kappa shape index (κ2) is 7.61. The Morgan fingerprint density at radius 2 is 2.08 bits per heavy atom. The molecule has 1 N–H and O–H groups in total. The van der Waals surface area contributed by atoms with Gasteiger partial charge in [0.25, 0.3) is 0 Å². The summed E-state index contributed by atoms with van der Waals surface area (Å²) in [5.74, 6) is 1.17. The lowest BCUT2D eigenvalue weighted by molar-refractivity contribution is -0.116. The minimum absolute atomic E-state index is 0.0306. The van der Waals surface area contributed by atoms with Crippen LogP contribution in [0.15, 0.2) is 48.5 Å². The molecule has 6 heteroatoms. The Bertz CT molecular complexity index is 794. The molecular formula is C19H20N2O3S. The Morgan fingerprint density at radius 1 is 1.28 bits per heavy atom. The zero-order valence-electron chi connectivity index (χ0n) is 14.2. The summed E-state index contributed by atoms with van der Waals surface area (Å²) in [7, 11) is 1.61. The number of nitrogens with zero attached hydrogens (tertiary/aromatic N) is 1. The number of carbonyl (C=O) groups excluding carboxylic acids is 2. The van der Waals surface area contributed by atoms with Crippen LogP contribution in [0.2, 0.25) is 0 Å². The van der Waals surface area contributed by atoms with Crippen molar-refractivity contribution in [2.24, 2.45) is 0 Å². The smallest absolute Gasteiger partial charge is 0.238 e. The zero-order chi connectivity index (χ0) is 17.8. The molecule has 2 aromatic rings. The molecule has 25 heavy (non-hydrogen) atoms. The predicted molar refractivity (Wildman–Crippen MR) is 101 cm³/mol. The van der Waals surface area contributed by atoms with Crippen molar-refractivity contribution < 1.29 is 14.3 Å². The number of ether oxygens (including phenoxy) is 1. The molecule has 1 heterocycles. The van der Waals surface area contributed by atoms with E-state index in [1.807, 2.05) is 55.5 Å². The molecule has 3 rings (SSSR count). The highest BCUT2D eigenvalue weighted by Crippen LogP contribution is 2.42. The van der Waals surface area contributed by atoms with E-state index in [0.29, 0.717) is 17.9 Å². The van der Waals surface area contributed by atoms with E-state index in [4.69, 9.17) is 4.74 Å². The van der Waals surface area contributed by atoms with Crippen molar-refractivity contribution in [1.82, 2.24) is 0 Å². The Morgan fingerprint density at radius 3 is 2.84 bits per heavy atom. The van der Waals surface area contributed by atoms with Gasteiger partial charge in [-0.2, -0.15) is 0 Å². The average molecular weight is 356 g/mol. The normalized spacial score (nSPS) is 16.8. The standard InChI is InChI=1S/C19H20N2O3S/c1-3-17(22)20-14-7-4-6-13(10-14)19-21(18(23)12-25-19)15-8-5-9-16(11-15)24-2/h4-11,19H,3,12H2,1-2H3,(H,20,22)/t19-/m0/s1. The summed E-state index contributed by atoms with van der Waals surface area (Å²) in [5.41, 5.74) is 2.53. The highest BCUT2D eigenvalue weighted by molar-refractivity contribution is 8.00. The lowest BCUT2D eigenvalue weighted by Crippen LogP contribution is -2.27. The average Bonchev–Trinajstić information content (AvgIpc) is 3.03. The van der Waals surface area contributed by atoms with Gasteiger partial charge >= 0.3 is 0 Å². The first-order valence-electron chi connectivity index (χ1n) is 8.10. The van der Waals surface area contributed by atoms with E-state index in [2.05, 4.69) is 5.32 Å². The molecule has 130 valence electrons. The van der Waals surface area contributed by atoms with Crippen molar-refractivity contribution in [3.05, 3.63) is 54.1 Å². The third-order valence-electron chi connectivity index (χ3n) is 3.98. The molecular weight excluding hydrogens is 336 g/mol. The van der Waals surface area contributed by atoms with E-state index >= 15 is 0 Å². The number of nitrogens with one attached hydrogen (secondary N) is 1. The van der Waals surface area contributed by atoms with Gasteiger partial charge in [0.2, 0.25) is 11.8 Å². The van der Waals surface area contributed by atoms with Crippen molar-refractivity contribution >= 4 is 35.0 Å². The molecule has 2 aromatic carbocycles. The Hall–Kier alpha value is -2.47. The molecule has 2 amide bonds. The third kappa shape index (κ3) is 3.79. The van der Waals surface area contributed by atoms with E-state index in [-0.39, 0.29) is 17.2 Å². The van der Waals surface area contributed by atoms with Crippen LogP contribution in [0.5, 0.6) is 5.75 Å². The minimum Gasteiger partial charge on any atom is -0.497 e. The van der Waals surface area contributed by atoms with Crippen LogP contribution in [0.3, 0.4) is 0 Å². The number of carbonyl (C=O) groups is 2. The SMILES string of the molecule is CCC(=O)Nc1cccc([C@@H]2SCC(=O)N2c2cccc(OC)c2)c1. The largest absolute Gasteiger partial charge is 0.497 e. The first-order chi connectivity index (χ1) is 12.1. The van der Waals surface area contributed by atoms with Gasteiger partial charge in [0.15, 0.2) is 0 Å². The van der Waals surface area contributed by atoms with Gasteiger partial charge in [-0.15, -0.1) is 11.8 Å². The fraction of sp³-hybridized carbons (Fsp3) is 0.263. The molecule has 1 aliphatic rings. The van der Waals surface area contributed by atoms with E-state index in [1.165, 1.54) is 0 Å². The van der Waals surface area contributed by atoms with E-state index in [0.717, 1.165) is 16.9 Å². The van der Waals surface area contributed by atoms with Gasteiger partial charge in [-0.05, 0) is 29.8 Å². The van der Waals surface area contributed by atoms with Gasteiger partial charge < -0.3 is 10.1 Å². The molecule has 0 unspecified atom stereocenters. The van der Waals surface area contributed by atoms with Gasteiger partial charge in [0.05, 0.1) is 12.9 Å². The van der Waals surface area contributed by atoms with Gasteiger partial charge in [0.1, 0.15) is 11.1 Å². The maximum atomic E-state index is 12.5. The Balaban J connectivity index is 1.91. The topological polar surface area (TPSA) is 58.6 Å². The summed E-state index contributed by atoms with van der Waals surface area (Å²) >= 11 is 1.58. The number of rotatable bonds is 5. The number of amides is 2. The molecule has 0 bridgehead atoms. The number of benzene rings is 2. The maximum absolute atomic E-state index is 12.5. The highest BCUT2D eigenvalue weighted by atomic mass is 32.2. The fourth-order valence-electron chi connectivity index (χ4n) is 2.73. The van der Waals surface area contributed by atoms with Crippen LogP contribution in [0.25, 0.3) is 0 Å². The molecule has 1 aliphatic heterocycles. The number of anilines is 2. The lowest BCUT2D eigenvalue weighted by Gasteiger charge is -2.25. The van der Waals surface area contributed by atoms with Crippen LogP contribution in [0, 0.1) is 0 Å². The molecule has 0 aromatic heterocycles. The summed E-state index contributed by atoms with van der Waals surface area (Å²) in [5, 5.41) is 2.74. The lowest BCUT2D eigenvalue weighted by atomic mass is 10.1. The van der Waals surface area contributed by atoms with E-state index in [1.54, 1.807) is 23.8 Å². The summed E-state index contributed by atoms with van der Waals surface area (Å²) in [4.78, 5) is 25.9. The van der Waals surface area contributed by atoms with Crippen molar-refractivity contribution in [2.45, 2.75) is 18.7 Å². The fourth-order valence-corrected chi connectivity index (χ4v) is 3.90. The van der Waals surface area contributed by atoms with Gasteiger partial charge in [-0.3, -0.25) is 14.5 Å². The molecule has 0 spiro atoms. The van der Waals surface area contributed by atoms with Gasteiger partial charge in [-0.25, -0.2) is 0 Å². The molecule has 1 atom stereocenters. The zero-order valence-corrected chi connectivity index (χ0v) is 15.0. The van der Waals surface area contributed by atoms with Crippen LogP contribution in [-0.2, 0) is 9.59 Å². The molecule has 1 fully saturated rings. The van der Waals surface area contributed by atoms with Crippen LogP contribution >= 0.6 is 11.8 Å². The highest BCUT2D eigenvalue weighted by Gasteiger charge is 2.34. The van der Waals surface area contributed by atoms with Crippen LogP contribution in [0.4, 0.5) is 11.4 Å². The monoisotopic (exact) mass is 356 g/mol. The molecule has 1 saturated heterocycles. The number of thioether (sulfide) groups is 1. The Kier molecular flexibility index (Phi) is 5.28. The summed E-state index contributed by atoms with van der Waals surface area (Å²) < 4.78 is 5.27. The summed E-state index contributed by atoms with van der Waals surface area (Å²) in [6.45, 7) is 1.81. The Labute approximate surface area is 151 Å². The molecule has 5 nitrogen and oxygen atoms in total.